The molecule has 21 heavy (non-hydrogen) atoms. The molecule has 0 unspecified atom stereocenters. The Kier molecular flexibility index (Phi) is 27.7. The minimum atomic E-state index is -6.00. The van der Waals surface area contributed by atoms with Crippen LogP contribution in [-0.2, 0) is 0 Å². The molecule has 0 radical (unpaired) electrons. The number of hydrogen-bond acceptors (Lipinski definition) is 0. The summed E-state index contributed by atoms with van der Waals surface area (Å²) < 4.78 is 117. The van der Waals surface area contributed by atoms with Crippen molar-refractivity contribution in [2.75, 3.05) is 0 Å². The van der Waals surface area contributed by atoms with E-state index in [-0.39, 0.29) is 51.4 Å². The van der Waals surface area contributed by atoms with E-state index >= 15 is 0 Å². The van der Waals surface area contributed by atoms with E-state index in [2.05, 4.69) is 13.8 Å². The van der Waals surface area contributed by atoms with Gasteiger partial charge in [-0.15, -0.1) is 0 Å². The van der Waals surface area contributed by atoms with Gasteiger partial charge in [0, 0.05) is 0 Å². The largest absolute Gasteiger partial charge is 1.00 e. The third-order valence-electron chi connectivity index (χ3n) is 0.604. The maximum absolute atomic E-state index is 9.75. The molecule has 0 aliphatic carbocycles. The third kappa shape index (κ3) is 846. The molecule has 0 heterocycles. The van der Waals surface area contributed by atoms with Crippen LogP contribution < -0.4 is 51.4 Å². The van der Waals surface area contributed by atoms with Crippen LogP contribution in [0.3, 0.4) is 0 Å². The Hall–Kier alpha value is 0.991. The second-order valence-electron chi connectivity index (χ2n) is 2.69. The fourth-order valence-electron chi connectivity index (χ4n) is 0.250. The molecule has 0 aliphatic heterocycles. The van der Waals surface area contributed by atoms with Gasteiger partial charge in [-0.25, -0.2) is 0 Å². The number of hydrogen-bond donors (Lipinski definition) is 0. The van der Waals surface area contributed by atoms with Crippen molar-refractivity contribution in [1.82, 2.24) is 0 Å². The van der Waals surface area contributed by atoms with Crippen molar-refractivity contribution in [3.8, 4) is 0 Å². The van der Waals surface area contributed by atoms with E-state index in [4.69, 9.17) is 0 Å². The topological polar surface area (TPSA) is 0 Å². The summed E-state index contributed by atoms with van der Waals surface area (Å²) in [5.41, 5.74) is 0. The van der Waals surface area contributed by atoms with E-state index in [0.29, 0.717) is 0 Å². The van der Waals surface area contributed by atoms with Gasteiger partial charge in [-0.1, -0.05) is 19.8 Å². The molecule has 0 spiro atoms. The van der Waals surface area contributed by atoms with Gasteiger partial charge in [0.05, 0.1) is 0 Å². The molecule has 0 saturated heterocycles. The first-order chi connectivity index (χ1) is 8.41. The Labute approximate surface area is 157 Å². The van der Waals surface area contributed by atoms with Crippen molar-refractivity contribution in [1.29, 1.82) is 0 Å². The van der Waals surface area contributed by atoms with Gasteiger partial charge < -0.3 is 58.7 Å². The van der Waals surface area contributed by atoms with Crippen LogP contribution in [0, 0.1) is 6.92 Å². The average Bonchev–Trinajstić information content (AvgIpc) is 1.94. The Bertz CT molecular complexity index is 140. The molecule has 0 aromatic rings. The number of halogens is 12. The van der Waals surface area contributed by atoms with Crippen molar-refractivity contribution >= 4 is 21.8 Å². The third-order valence-corrected chi connectivity index (χ3v) is 0.604. The van der Waals surface area contributed by atoms with Gasteiger partial charge in [0.25, 0.3) is 0 Å². The molecule has 0 aliphatic rings. The van der Waals surface area contributed by atoms with E-state index in [0.717, 1.165) is 6.42 Å². The zero-order valence-corrected chi connectivity index (χ0v) is 14.2. The quantitative estimate of drug-likeness (QED) is 0.398. The van der Waals surface area contributed by atoms with E-state index in [1.54, 1.807) is 0 Å². The van der Waals surface area contributed by atoms with E-state index in [9.17, 15) is 51.8 Å². The fourth-order valence-corrected chi connectivity index (χ4v) is 0.250. The molecular weight excluding hydrogens is 360 g/mol. The normalized spacial score (nSPS) is 10.6. The predicted molar refractivity (Wildman–Crippen MR) is 55.4 cm³/mol. The van der Waals surface area contributed by atoms with Crippen LogP contribution in [0.2, 0.25) is 0 Å². The van der Waals surface area contributed by atoms with Gasteiger partial charge in [-0.2, -0.15) is 6.42 Å². The molecule has 0 N–H and O–H groups in total. The summed E-state index contributed by atoms with van der Waals surface area (Å²) in [7, 11) is -18.0. The summed E-state index contributed by atoms with van der Waals surface area (Å²) in [6.07, 6.45) is 3.65. The van der Waals surface area contributed by atoms with E-state index < -0.39 is 21.8 Å². The smallest absolute Gasteiger partial charge is 0.418 e. The summed E-state index contributed by atoms with van der Waals surface area (Å²) >= 11 is 0. The van der Waals surface area contributed by atoms with Crippen LogP contribution in [0.4, 0.5) is 51.8 Å². The Morgan fingerprint density at radius 1 is 0.619 bits per heavy atom. The molecule has 0 atom stereocenters. The van der Waals surface area contributed by atoms with Gasteiger partial charge in [0.15, 0.2) is 0 Å². The van der Waals surface area contributed by atoms with Crippen LogP contribution in [0.5, 0.6) is 0 Å². The Morgan fingerprint density at radius 3 is 0.762 bits per heavy atom. The molecule has 0 aromatic heterocycles. The number of rotatable bonds is 2. The zero-order valence-electron chi connectivity index (χ0n) is 11.1. The molecule has 0 nitrogen and oxygen atoms in total. The first-order valence-corrected chi connectivity index (χ1v) is 4.83. The standard InChI is InChI=1S/C5H11.3BF4.K/c1-3-5-4-2;3*2-1(3,4)5;/h1,3-5H2,2H3;;;;/q4*-1;+1. The van der Waals surface area contributed by atoms with Crippen molar-refractivity contribution in [3.63, 3.8) is 0 Å². The molecule has 0 saturated carbocycles. The van der Waals surface area contributed by atoms with Crippen LogP contribution >= 0.6 is 0 Å². The van der Waals surface area contributed by atoms with Crippen LogP contribution in [-0.4, -0.2) is 21.8 Å². The second kappa shape index (κ2) is 17.3. The van der Waals surface area contributed by atoms with Crippen LogP contribution in [0.15, 0.2) is 0 Å². The Balaban J connectivity index is -0.0000000533. The molecule has 0 bridgehead atoms. The molecule has 0 fully saturated rings. The monoisotopic (exact) mass is 371 g/mol. The van der Waals surface area contributed by atoms with Crippen LogP contribution in [0.1, 0.15) is 26.2 Å². The van der Waals surface area contributed by atoms with Crippen molar-refractivity contribution in [2.24, 2.45) is 0 Å². The first kappa shape index (κ1) is 33.6. The second-order valence-corrected chi connectivity index (χ2v) is 2.69. The summed E-state index contributed by atoms with van der Waals surface area (Å²) in [6.45, 7) is 5.85. The van der Waals surface area contributed by atoms with Gasteiger partial charge in [-0.05, 0) is 0 Å². The molecule has 0 rings (SSSR count). The van der Waals surface area contributed by atoms with E-state index in [1.165, 1.54) is 12.8 Å². The summed E-state index contributed by atoms with van der Waals surface area (Å²) in [4.78, 5) is 0. The summed E-state index contributed by atoms with van der Waals surface area (Å²) in [5, 5.41) is 0. The predicted octanol–water partition coefficient (Wildman–Crippen LogP) is 2.91. The molecule has 0 amide bonds. The maximum Gasteiger partial charge on any atom is 1.00 e. The van der Waals surface area contributed by atoms with Crippen molar-refractivity contribution < 1.29 is 103 Å². The summed E-state index contributed by atoms with van der Waals surface area (Å²) in [5.74, 6) is 0. The molecule has 128 valence electrons. The molecular formula is C5H11B3F12K-3. The fraction of sp³-hybridized carbons (Fsp3) is 0.800. The SMILES string of the molecule is F[B-](F)(F)F.F[B-](F)(F)F.F[B-](F)(F)F.[CH2-]CCCC.[K+]. The van der Waals surface area contributed by atoms with Gasteiger partial charge in [-0.3, -0.25) is 0 Å². The van der Waals surface area contributed by atoms with Crippen molar-refractivity contribution in [2.45, 2.75) is 26.2 Å². The minimum Gasteiger partial charge on any atom is -0.418 e. The van der Waals surface area contributed by atoms with Crippen LogP contribution in [0.25, 0.3) is 0 Å². The van der Waals surface area contributed by atoms with Gasteiger partial charge >= 0.3 is 73.1 Å². The molecule has 16 heteroatoms. The van der Waals surface area contributed by atoms with Gasteiger partial charge in [0.2, 0.25) is 0 Å². The average molecular weight is 371 g/mol. The van der Waals surface area contributed by atoms with Gasteiger partial charge in [0.1, 0.15) is 0 Å². The minimum absolute atomic E-state index is 0. The Morgan fingerprint density at radius 2 is 0.762 bits per heavy atom. The van der Waals surface area contributed by atoms with E-state index in [1.807, 2.05) is 0 Å². The zero-order chi connectivity index (χ0) is 17.6. The number of unbranched alkanes of at least 4 members (excludes halogenated alkanes) is 2. The molecule has 0 aromatic carbocycles. The van der Waals surface area contributed by atoms with Crippen molar-refractivity contribution in [3.05, 3.63) is 6.92 Å². The maximum atomic E-state index is 9.75. The first-order valence-electron chi connectivity index (χ1n) is 4.83. The summed E-state index contributed by atoms with van der Waals surface area (Å²) in [6, 6.07) is 0.